The molecule has 8 heteroatoms. The molecule has 0 radical (unpaired) electrons. The van der Waals surface area contributed by atoms with E-state index in [1.165, 1.54) is 0 Å². The number of hydrogen-bond acceptors (Lipinski definition) is 4. The van der Waals surface area contributed by atoms with E-state index in [1.54, 1.807) is 12.1 Å². The molecule has 1 N–H and O–H groups in total. The Balaban J connectivity index is 0.00000242. The maximum absolute atomic E-state index is 11.1. The first-order valence-corrected chi connectivity index (χ1v) is 7.57. The Morgan fingerprint density at radius 2 is 1.83 bits per heavy atom. The summed E-state index contributed by atoms with van der Waals surface area (Å²) in [6.45, 7) is 10.3. The minimum Gasteiger partial charge on any atom is -0.314 e. The molecular formula is C15H24Cl3N3O2. The third-order valence-corrected chi connectivity index (χ3v) is 4.14. The van der Waals surface area contributed by atoms with Gasteiger partial charge in [0, 0.05) is 38.3 Å². The van der Waals surface area contributed by atoms with E-state index in [4.69, 9.17) is 11.6 Å². The molecule has 5 nitrogen and oxygen atoms in total. The molecule has 0 aliphatic carbocycles. The number of halogens is 3. The third-order valence-electron chi connectivity index (χ3n) is 3.82. The van der Waals surface area contributed by atoms with Crippen molar-refractivity contribution in [2.45, 2.75) is 26.8 Å². The summed E-state index contributed by atoms with van der Waals surface area (Å²) in [5.41, 5.74) is 0.929. The second-order valence-electron chi connectivity index (χ2n) is 6.52. The van der Waals surface area contributed by atoms with Gasteiger partial charge in [-0.25, -0.2) is 0 Å². The minimum atomic E-state index is -0.413. The molecule has 0 unspecified atom stereocenters. The normalized spacial score (nSPS) is 16.9. The van der Waals surface area contributed by atoms with Gasteiger partial charge in [0.1, 0.15) is 5.02 Å². The molecule has 1 fully saturated rings. The first-order chi connectivity index (χ1) is 9.80. The van der Waals surface area contributed by atoms with E-state index in [0.29, 0.717) is 0 Å². The zero-order valence-corrected chi connectivity index (χ0v) is 15.9. The van der Waals surface area contributed by atoms with Gasteiger partial charge in [0.15, 0.2) is 0 Å². The molecule has 1 aliphatic rings. The highest BCUT2D eigenvalue weighted by Crippen LogP contribution is 2.40. The summed E-state index contributed by atoms with van der Waals surface area (Å²) < 4.78 is 0. The van der Waals surface area contributed by atoms with Crippen molar-refractivity contribution < 1.29 is 4.92 Å². The smallest absolute Gasteiger partial charge is 0.288 e. The molecule has 1 aromatic rings. The van der Waals surface area contributed by atoms with Gasteiger partial charge in [0.25, 0.3) is 5.69 Å². The fraction of sp³-hybridized carbons (Fsp3) is 0.600. The summed E-state index contributed by atoms with van der Waals surface area (Å²) in [6.07, 6.45) is 0. The summed E-state index contributed by atoms with van der Waals surface area (Å²) in [7, 11) is 0. The highest BCUT2D eigenvalue weighted by atomic mass is 35.5. The van der Waals surface area contributed by atoms with Crippen molar-refractivity contribution in [3.63, 3.8) is 0 Å². The Morgan fingerprint density at radius 1 is 1.26 bits per heavy atom. The Kier molecular flexibility index (Phi) is 8.81. The quantitative estimate of drug-likeness (QED) is 0.630. The fourth-order valence-corrected chi connectivity index (χ4v) is 3.23. The van der Waals surface area contributed by atoms with Crippen LogP contribution in [0.4, 0.5) is 5.69 Å². The van der Waals surface area contributed by atoms with E-state index >= 15 is 0 Å². The Bertz CT molecular complexity index is 529. The van der Waals surface area contributed by atoms with Gasteiger partial charge in [0.2, 0.25) is 0 Å². The Labute approximate surface area is 154 Å². The monoisotopic (exact) mass is 383 g/mol. The van der Waals surface area contributed by atoms with Crippen molar-refractivity contribution in [3.8, 4) is 0 Å². The van der Waals surface area contributed by atoms with Crippen LogP contribution in [-0.2, 0) is 0 Å². The molecule has 0 aromatic heterocycles. The second kappa shape index (κ2) is 9.04. The molecule has 1 aliphatic heterocycles. The van der Waals surface area contributed by atoms with E-state index in [0.717, 1.165) is 31.7 Å². The van der Waals surface area contributed by atoms with Crippen LogP contribution in [0.15, 0.2) is 18.2 Å². The summed E-state index contributed by atoms with van der Waals surface area (Å²) in [5, 5.41) is 14.7. The van der Waals surface area contributed by atoms with Crippen LogP contribution in [0.3, 0.4) is 0 Å². The zero-order valence-electron chi connectivity index (χ0n) is 13.5. The van der Waals surface area contributed by atoms with Crippen molar-refractivity contribution in [1.29, 1.82) is 0 Å². The van der Waals surface area contributed by atoms with Crippen molar-refractivity contribution in [1.82, 2.24) is 10.2 Å². The molecule has 1 atom stereocenters. The third kappa shape index (κ3) is 5.47. The van der Waals surface area contributed by atoms with E-state index in [2.05, 4.69) is 31.0 Å². The van der Waals surface area contributed by atoms with Gasteiger partial charge >= 0.3 is 0 Å². The number of hydrogen-bond donors (Lipinski definition) is 1. The van der Waals surface area contributed by atoms with Crippen molar-refractivity contribution in [2.75, 3.05) is 26.2 Å². The lowest BCUT2D eigenvalue weighted by atomic mass is 9.81. The van der Waals surface area contributed by atoms with E-state index < -0.39 is 4.92 Å². The molecule has 0 spiro atoms. The lowest BCUT2D eigenvalue weighted by molar-refractivity contribution is -0.384. The van der Waals surface area contributed by atoms with Gasteiger partial charge in [-0.3, -0.25) is 15.0 Å². The van der Waals surface area contributed by atoms with Crippen molar-refractivity contribution >= 4 is 42.1 Å². The number of nitrogens with zero attached hydrogens (tertiary/aromatic N) is 2. The van der Waals surface area contributed by atoms with Crippen molar-refractivity contribution in [3.05, 3.63) is 38.9 Å². The second-order valence-corrected chi connectivity index (χ2v) is 6.93. The predicted octanol–water partition coefficient (Wildman–Crippen LogP) is 4.08. The molecule has 2 rings (SSSR count). The van der Waals surface area contributed by atoms with Gasteiger partial charge in [0.05, 0.1) is 4.92 Å². The van der Waals surface area contributed by atoms with E-state index in [-0.39, 0.29) is 47.0 Å². The summed E-state index contributed by atoms with van der Waals surface area (Å²) in [4.78, 5) is 13.1. The van der Waals surface area contributed by atoms with Gasteiger partial charge in [-0.15, -0.1) is 24.8 Å². The lowest BCUT2D eigenvalue weighted by Gasteiger charge is -2.42. The highest BCUT2D eigenvalue weighted by molar-refractivity contribution is 6.32. The predicted molar refractivity (Wildman–Crippen MR) is 99.2 cm³/mol. The minimum absolute atomic E-state index is 0. The number of rotatable bonds is 3. The average molecular weight is 385 g/mol. The average Bonchev–Trinajstić information content (AvgIpc) is 2.40. The summed E-state index contributed by atoms with van der Waals surface area (Å²) in [6, 6.07) is 5.30. The Morgan fingerprint density at radius 3 is 2.30 bits per heavy atom. The van der Waals surface area contributed by atoms with Crippen LogP contribution in [0.25, 0.3) is 0 Å². The summed E-state index contributed by atoms with van der Waals surface area (Å²) >= 11 is 5.93. The van der Waals surface area contributed by atoms with E-state index in [9.17, 15) is 10.1 Å². The van der Waals surface area contributed by atoms with Crippen LogP contribution in [0.5, 0.6) is 0 Å². The van der Waals surface area contributed by atoms with Crippen molar-refractivity contribution in [2.24, 2.45) is 5.41 Å². The zero-order chi connectivity index (χ0) is 15.6. The number of benzene rings is 1. The maximum atomic E-state index is 11.1. The molecule has 0 bridgehead atoms. The van der Waals surface area contributed by atoms with Crippen LogP contribution >= 0.6 is 36.4 Å². The topological polar surface area (TPSA) is 58.4 Å². The highest BCUT2D eigenvalue weighted by Gasteiger charge is 2.33. The summed E-state index contributed by atoms with van der Waals surface area (Å²) in [5.74, 6) is 0. The van der Waals surface area contributed by atoms with Gasteiger partial charge in [-0.05, 0) is 17.0 Å². The van der Waals surface area contributed by atoms with Gasteiger partial charge in [-0.2, -0.15) is 0 Å². The van der Waals surface area contributed by atoms with Crippen LogP contribution in [0.2, 0.25) is 5.02 Å². The number of piperazine rings is 1. The maximum Gasteiger partial charge on any atom is 0.288 e. The standard InChI is InChI=1S/C15H22ClN3O2.2ClH/c1-15(2,3)14(18-8-6-17-7-9-18)11-4-5-12(16)13(10-11)19(20)21;;/h4-5,10,14,17H,6-9H2,1-3H3;2*1H/t14-;;/m1../s1. The fourth-order valence-electron chi connectivity index (χ4n) is 3.04. The van der Waals surface area contributed by atoms with Crippen LogP contribution < -0.4 is 5.32 Å². The molecule has 132 valence electrons. The van der Waals surface area contributed by atoms with Crippen LogP contribution in [-0.4, -0.2) is 36.0 Å². The first-order valence-electron chi connectivity index (χ1n) is 7.19. The molecule has 0 saturated carbocycles. The Hall–Kier alpha value is -0.590. The molecule has 0 amide bonds. The number of nitro benzene ring substituents is 1. The molecule has 1 aromatic carbocycles. The molecule has 1 heterocycles. The van der Waals surface area contributed by atoms with Gasteiger partial charge in [-0.1, -0.05) is 38.4 Å². The SMILES string of the molecule is CC(C)(C)[C@@H](c1ccc(Cl)c([N+](=O)[O-])c1)N1CCNCC1.Cl.Cl. The number of nitrogens with one attached hydrogen (secondary N) is 1. The van der Waals surface area contributed by atoms with Gasteiger partial charge < -0.3 is 5.32 Å². The largest absolute Gasteiger partial charge is 0.314 e. The van der Waals surface area contributed by atoms with Crippen LogP contribution in [0.1, 0.15) is 32.4 Å². The first kappa shape index (κ1) is 22.4. The molecule has 23 heavy (non-hydrogen) atoms. The molecular weight excluding hydrogens is 361 g/mol. The number of nitro groups is 1. The van der Waals surface area contributed by atoms with Crippen LogP contribution in [0, 0.1) is 15.5 Å². The van der Waals surface area contributed by atoms with E-state index in [1.807, 2.05) is 6.07 Å². The lowest BCUT2D eigenvalue weighted by Crippen LogP contribution is -2.48. The molecule has 1 saturated heterocycles.